The monoisotopic (exact) mass is 393 g/mol. The molecule has 4 nitrogen and oxygen atoms in total. The van der Waals surface area contributed by atoms with E-state index in [2.05, 4.69) is 20.7 Å². The molecule has 0 aliphatic carbocycles. The Kier molecular flexibility index (Phi) is 5.15. The molecule has 0 aliphatic rings. The predicted molar refractivity (Wildman–Crippen MR) is 83.1 cm³/mol. The predicted octanol–water partition coefficient (Wildman–Crippen LogP) is 2.93. The molecule has 0 saturated carbocycles. The van der Waals surface area contributed by atoms with Gasteiger partial charge in [0, 0.05) is 21.5 Å². The first-order chi connectivity index (χ1) is 9.85. The van der Waals surface area contributed by atoms with Crippen molar-refractivity contribution in [2.75, 3.05) is 0 Å². The highest BCUT2D eigenvalue weighted by molar-refractivity contribution is 9.10. The van der Waals surface area contributed by atoms with Crippen molar-refractivity contribution >= 4 is 37.3 Å². The lowest BCUT2D eigenvalue weighted by Gasteiger charge is -2.10. The number of nitrogens with one attached hydrogen (secondary N) is 1. The number of benzene rings is 1. The van der Waals surface area contributed by atoms with Crippen LogP contribution in [0, 0.1) is 12.7 Å². The summed E-state index contributed by atoms with van der Waals surface area (Å²) >= 11 is 4.75. The van der Waals surface area contributed by atoms with Crippen LogP contribution in [-0.4, -0.2) is 13.5 Å². The maximum Gasteiger partial charge on any atom is 0.240 e. The Morgan fingerprint density at radius 1 is 1.43 bits per heavy atom. The van der Waals surface area contributed by atoms with Crippen molar-refractivity contribution in [2.24, 2.45) is 0 Å². The fourth-order valence-corrected chi connectivity index (χ4v) is 4.43. The zero-order valence-corrected chi connectivity index (χ0v) is 14.3. The van der Waals surface area contributed by atoms with Crippen molar-refractivity contribution in [1.29, 1.82) is 0 Å². The number of aliphatic hydroxyl groups excluding tert-OH is 1. The van der Waals surface area contributed by atoms with Crippen LogP contribution in [0.5, 0.6) is 0 Å². The summed E-state index contributed by atoms with van der Waals surface area (Å²) in [6.45, 7) is 1.06. The summed E-state index contributed by atoms with van der Waals surface area (Å²) in [6.07, 6.45) is 0. The van der Waals surface area contributed by atoms with Gasteiger partial charge in [0.25, 0.3) is 0 Å². The van der Waals surface area contributed by atoms with Crippen LogP contribution >= 0.6 is 27.3 Å². The molecule has 0 amide bonds. The third kappa shape index (κ3) is 3.70. The van der Waals surface area contributed by atoms with E-state index in [1.165, 1.54) is 24.3 Å². The lowest BCUT2D eigenvalue weighted by atomic mass is 10.1. The maximum atomic E-state index is 13.7. The van der Waals surface area contributed by atoms with Crippen LogP contribution in [0.25, 0.3) is 0 Å². The molecule has 0 atom stereocenters. The van der Waals surface area contributed by atoms with E-state index in [-0.39, 0.29) is 22.6 Å². The largest absolute Gasteiger partial charge is 0.392 e. The molecule has 0 aliphatic heterocycles. The summed E-state index contributed by atoms with van der Waals surface area (Å²) in [4.78, 5) is 0.790. The molecule has 21 heavy (non-hydrogen) atoms. The number of halogens is 2. The average molecular weight is 394 g/mol. The summed E-state index contributed by atoms with van der Waals surface area (Å²) in [6, 6.07) is 4.23. The van der Waals surface area contributed by atoms with Crippen molar-refractivity contribution in [3.05, 3.63) is 49.9 Å². The van der Waals surface area contributed by atoms with Crippen LogP contribution in [0.2, 0.25) is 0 Å². The molecular weight excluding hydrogens is 381 g/mol. The Bertz CT molecular complexity index is 759. The number of hydrogen-bond donors (Lipinski definition) is 2. The Balaban J connectivity index is 2.27. The van der Waals surface area contributed by atoms with Gasteiger partial charge in [0.2, 0.25) is 10.0 Å². The minimum Gasteiger partial charge on any atom is -0.392 e. The topological polar surface area (TPSA) is 66.4 Å². The molecule has 1 heterocycles. The summed E-state index contributed by atoms with van der Waals surface area (Å²) in [5.41, 5.74) is 0.145. The summed E-state index contributed by atoms with van der Waals surface area (Å²) in [5.74, 6) is -0.586. The van der Waals surface area contributed by atoms with Crippen LogP contribution in [0.1, 0.15) is 16.0 Å². The number of aryl methyl sites for hydroxylation is 1. The Hall–Kier alpha value is -0.800. The fraction of sp³-hybridized carbons (Fsp3) is 0.231. The van der Waals surface area contributed by atoms with Crippen LogP contribution in [0.4, 0.5) is 4.39 Å². The van der Waals surface area contributed by atoms with Crippen molar-refractivity contribution in [3.63, 3.8) is 0 Å². The van der Waals surface area contributed by atoms with Crippen molar-refractivity contribution in [1.82, 2.24) is 4.72 Å². The third-order valence-electron chi connectivity index (χ3n) is 2.90. The number of aliphatic hydroxyl groups is 1. The minimum atomic E-state index is -3.77. The smallest absolute Gasteiger partial charge is 0.240 e. The quantitative estimate of drug-likeness (QED) is 0.820. The van der Waals surface area contributed by atoms with Crippen LogP contribution < -0.4 is 4.72 Å². The first-order valence-corrected chi connectivity index (χ1v) is 9.12. The van der Waals surface area contributed by atoms with Gasteiger partial charge in [-0.15, -0.1) is 11.3 Å². The van der Waals surface area contributed by atoms with E-state index >= 15 is 0 Å². The van der Waals surface area contributed by atoms with Crippen molar-refractivity contribution in [3.8, 4) is 0 Å². The minimum absolute atomic E-state index is 0.0346. The van der Waals surface area contributed by atoms with Crippen LogP contribution in [-0.2, 0) is 23.2 Å². The van der Waals surface area contributed by atoms with E-state index < -0.39 is 22.4 Å². The molecule has 1 aromatic heterocycles. The van der Waals surface area contributed by atoms with Crippen LogP contribution in [0.15, 0.2) is 32.9 Å². The van der Waals surface area contributed by atoms with Crippen molar-refractivity contribution in [2.45, 2.75) is 25.0 Å². The maximum absolute atomic E-state index is 13.7. The Morgan fingerprint density at radius 2 is 2.14 bits per heavy atom. The molecule has 2 N–H and O–H groups in total. The summed E-state index contributed by atoms with van der Waals surface area (Å²) in [7, 11) is -3.77. The molecule has 2 aromatic rings. The van der Waals surface area contributed by atoms with Gasteiger partial charge in [-0.1, -0.05) is 0 Å². The van der Waals surface area contributed by atoms with Gasteiger partial charge in [-0.3, -0.25) is 0 Å². The SMILES string of the molecule is Cc1cc(S(=O)(=O)NCc2sccc2Br)cc(CO)c1F. The van der Waals surface area contributed by atoms with Gasteiger partial charge >= 0.3 is 0 Å². The first kappa shape index (κ1) is 16.6. The highest BCUT2D eigenvalue weighted by atomic mass is 79.9. The second-order valence-corrected chi connectivity index (χ2v) is 8.01. The van der Waals surface area contributed by atoms with Gasteiger partial charge in [-0.05, 0) is 52.0 Å². The van der Waals surface area contributed by atoms with E-state index in [1.807, 2.05) is 11.4 Å². The molecule has 0 unspecified atom stereocenters. The molecule has 0 saturated heterocycles. The van der Waals surface area contributed by atoms with E-state index in [9.17, 15) is 12.8 Å². The van der Waals surface area contributed by atoms with Gasteiger partial charge in [0.05, 0.1) is 11.5 Å². The molecule has 1 aromatic carbocycles. The second-order valence-electron chi connectivity index (χ2n) is 4.39. The summed E-state index contributed by atoms with van der Waals surface area (Å²) in [5, 5.41) is 10.9. The summed E-state index contributed by atoms with van der Waals surface area (Å²) < 4.78 is 41.4. The number of rotatable bonds is 5. The number of hydrogen-bond acceptors (Lipinski definition) is 4. The van der Waals surface area contributed by atoms with Crippen molar-refractivity contribution < 1.29 is 17.9 Å². The lowest BCUT2D eigenvalue weighted by molar-refractivity contribution is 0.275. The van der Waals surface area contributed by atoms with Gasteiger partial charge in [-0.2, -0.15) is 0 Å². The Labute approximate surface area is 134 Å². The molecule has 0 fully saturated rings. The molecule has 0 spiro atoms. The molecule has 0 bridgehead atoms. The van der Waals surface area contributed by atoms with Gasteiger partial charge in [-0.25, -0.2) is 17.5 Å². The number of thiophene rings is 1. The average Bonchev–Trinajstić information content (AvgIpc) is 2.85. The normalized spacial score (nSPS) is 11.8. The van der Waals surface area contributed by atoms with E-state index in [0.717, 1.165) is 15.4 Å². The Morgan fingerprint density at radius 3 is 2.71 bits per heavy atom. The molecular formula is C13H13BrFNO3S2. The molecule has 114 valence electrons. The fourth-order valence-electron chi connectivity index (χ4n) is 1.77. The van der Waals surface area contributed by atoms with Crippen LogP contribution in [0.3, 0.4) is 0 Å². The standard InChI is InChI=1S/C13H13BrFNO3S2/c1-8-4-10(5-9(7-17)13(8)15)21(18,19)16-6-12-11(14)2-3-20-12/h2-5,16-17H,6-7H2,1H3. The highest BCUT2D eigenvalue weighted by Gasteiger charge is 2.18. The third-order valence-corrected chi connectivity index (χ3v) is 6.20. The first-order valence-electron chi connectivity index (χ1n) is 5.96. The zero-order valence-electron chi connectivity index (χ0n) is 11.1. The second kappa shape index (κ2) is 6.53. The van der Waals surface area contributed by atoms with Gasteiger partial charge in [0.1, 0.15) is 5.82 Å². The van der Waals surface area contributed by atoms with E-state index in [1.54, 1.807) is 0 Å². The zero-order chi connectivity index (χ0) is 15.6. The van der Waals surface area contributed by atoms with E-state index in [4.69, 9.17) is 5.11 Å². The molecule has 2 rings (SSSR count). The molecule has 0 radical (unpaired) electrons. The lowest BCUT2D eigenvalue weighted by Crippen LogP contribution is -2.23. The number of sulfonamides is 1. The highest BCUT2D eigenvalue weighted by Crippen LogP contribution is 2.24. The van der Waals surface area contributed by atoms with E-state index in [0.29, 0.717) is 0 Å². The van der Waals surface area contributed by atoms with Gasteiger partial charge in [0.15, 0.2) is 0 Å². The molecule has 8 heteroatoms. The van der Waals surface area contributed by atoms with Gasteiger partial charge < -0.3 is 5.11 Å².